The molecule has 2 rings (SSSR count). The summed E-state index contributed by atoms with van der Waals surface area (Å²) in [5, 5.41) is 12.5. The van der Waals surface area contributed by atoms with Gasteiger partial charge in [0.05, 0.1) is 0 Å². The summed E-state index contributed by atoms with van der Waals surface area (Å²) in [6.45, 7) is 3.64. The van der Waals surface area contributed by atoms with E-state index in [1.807, 2.05) is 11.8 Å². The van der Waals surface area contributed by atoms with Gasteiger partial charge >= 0.3 is 0 Å². The first-order chi connectivity index (χ1) is 8.72. The molecule has 0 aromatic carbocycles. The molecule has 0 radical (unpaired) electrons. The fraction of sp³-hybridized carbons (Fsp3) is 0.929. The van der Waals surface area contributed by atoms with E-state index >= 15 is 0 Å². The first kappa shape index (κ1) is 13.8. The smallest absolute Gasteiger partial charge is 0.222 e. The Balaban J connectivity index is 1.79. The van der Waals surface area contributed by atoms with Crippen LogP contribution in [0.1, 0.15) is 45.4 Å². The third-order valence-corrected chi connectivity index (χ3v) is 4.35. The van der Waals surface area contributed by atoms with Crippen molar-refractivity contribution in [3.05, 3.63) is 0 Å². The second-order valence-corrected chi connectivity index (χ2v) is 5.73. The average Bonchev–Trinajstić information content (AvgIpc) is 2.70. The van der Waals surface area contributed by atoms with Crippen LogP contribution in [0, 0.1) is 5.92 Å². The molecule has 0 aromatic heterocycles. The van der Waals surface area contributed by atoms with Gasteiger partial charge in [-0.25, -0.2) is 0 Å². The number of aliphatic hydroxyl groups is 1. The molecule has 0 aromatic rings. The van der Waals surface area contributed by atoms with E-state index in [0.29, 0.717) is 37.4 Å². The van der Waals surface area contributed by atoms with Gasteiger partial charge < -0.3 is 15.3 Å². The van der Waals surface area contributed by atoms with Crippen LogP contribution in [-0.2, 0) is 4.79 Å². The van der Waals surface area contributed by atoms with E-state index in [9.17, 15) is 4.79 Å². The van der Waals surface area contributed by atoms with Gasteiger partial charge in [0, 0.05) is 38.2 Å². The zero-order valence-electron chi connectivity index (χ0n) is 11.4. The summed E-state index contributed by atoms with van der Waals surface area (Å²) in [5.41, 5.74) is 0. The Kier molecular flexibility index (Phi) is 5.01. The van der Waals surface area contributed by atoms with E-state index in [-0.39, 0.29) is 12.5 Å². The van der Waals surface area contributed by atoms with Gasteiger partial charge in [0.1, 0.15) is 0 Å². The number of hydrogen-bond donors (Lipinski definition) is 2. The Morgan fingerprint density at radius 3 is 2.56 bits per heavy atom. The molecule has 18 heavy (non-hydrogen) atoms. The summed E-state index contributed by atoms with van der Waals surface area (Å²) in [4.78, 5) is 14.1. The van der Waals surface area contributed by atoms with Crippen molar-refractivity contribution in [2.45, 2.75) is 57.5 Å². The maximum absolute atomic E-state index is 12.2. The van der Waals surface area contributed by atoms with Crippen LogP contribution in [-0.4, -0.2) is 47.7 Å². The van der Waals surface area contributed by atoms with Crippen molar-refractivity contribution in [1.82, 2.24) is 10.2 Å². The standard InChI is InChI=1S/C14H26N2O2/c1-2-16(6-3-7-17)14(18)10-11-8-12-4-5-13(9-11)15-12/h11-13,15,17H,2-10H2,1H3. The van der Waals surface area contributed by atoms with Gasteiger partial charge in [-0.05, 0) is 44.9 Å². The van der Waals surface area contributed by atoms with E-state index in [2.05, 4.69) is 5.32 Å². The zero-order chi connectivity index (χ0) is 13.0. The molecule has 2 unspecified atom stereocenters. The summed E-state index contributed by atoms with van der Waals surface area (Å²) >= 11 is 0. The Labute approximate surface area is 110 Å². The molecule has 2 saturated heterocycles. The minimum atomic E-state index is 0.168. The molecule has 0 saturated carbocycles. The number of piperidine rings is 1. The molecule has 2 aliphatic rings. The molecule has 2 heterocycles. The molecule has 104 valence electrons. The van der Waals surface area contributed by atoms with Gasteiger partial charge in [-0.2, -0.15) is 0 Å². The van der Waals surface area contributed by atoms with Gasteiger partial charge in [0.2, 0.25) is 5.91 Å². The lowest BCUT2D eigenvalue weighted by atomic mass is 9.89. The highest BCUT2D eigenvalue weighted by atomic mass is 16.3. The second kappa shape index (κ2) is 6.53. The monoisotopic (exact) mass is 254 g/mol. The van der Waals surface area contributed by atoms with Gasteiger partial charge in [-0.3, -0.25) is 4.79 Å². The van der Waals surface area contributed by atoms with Gasteiger partial charge in [0.15, 0.2) is 0 Å². The highest BCUT2D eigenvalue weighted by molar-refractivity contribution is 5.76. The Morgan fingerprint density at radius 1 is 1.33 bits per heavy atom. The highest BCUT2D eigenvalue weighted by Crippen LogP contribution is 2.32. The van der Waals surface area contributed by atoms with E-state index in [1.165, 1.54) is 25.7 Å². The maximum Gasteiger partial charge on any atom is 0.222 e. The molecule has 4 nitrogen and oxygen atoms in total. The minimum Gasteiger partial charge on any atom is -0.396 e. The molecular formula is C14H26N2O2. The number of hydrogen-bond acceptors (Lipinski definition) is 3. The summed E-state index contributed by atoms with van der Waals surface area (Å²) < 4.78 is 0. The average molecular weight is 254 g/mol. The van der Waals surface area contributed by atoms with E-state index in [4.69, 9.17) is 5.11 Å². The molecule has 2 bridgehead atoms. The molecule has 2 aliphatic heterocycles. The molecule has 0 spiro atoms. The zero-order valence-corrected chi connectivity index (χ0v) is 11.4. The molecule has 2 atom stereocenters. The molecule has 1 amide bonds. The number of aliphatic hydroxyl groups excluding tert-OH is 1. The van der Waals surface area contributed by atoms with Crippen LogP contribution in [0.4, 0.5) is 0 Å². The predicted molar refractivity (Wildman–Crippen MR) is 71.2 cm³/mol. The number of nitrogens with zero attached hydrogens (tertiary/aromatic N) is 1. The van der Waals surface area contributed by atoms with E-state index in [0.717, 1.165) is 6.54 Å². The van der Waals surface area contributed by atoms with E-state index < -0.39 is 0 Å². The molecule has 2 N–H and O–H groups in total. The predicted octanol–water partition coefficient (Wildman–Crippen LogP) is 1.14. The first-order valence-corrected chi connectivity index (χ1v) is 7.37. The third-order valence-electron chi connectivity index (χ3n) is 4.35. The minimum absolute atomic E-state index is 0.168. The first-order valence-electron chi connectivity index (χ1n) is 7.37. The topological polar surface area (TPSA) is 52.6 Å². The van der Waals surface area contributed by atoms with Crippen LogP contribution >= 0.6 is 0 Å². The van der Waals surface area contributed by atoms with Crippen LogP contribution in [0.3, 0.4) is 0 Å². The number of rotatable bonds is 6. The summed E-state index contributed by atoms with van der Waals surface area (Å²) in [6, 6.07) is 1.32. The van der Waals surface area contributed by atoms with Crippen LogP contribution in [0.25, 0.3) is 0 Å². The van der Waals surface area contributed by atoms with E-state index in [1.54, 1.807) is 0 Å². The molecule has 2 fully saturated rings. The maximum atomic E-state index is 12.2. The quantitative estimate of drug-likeness (QED) is 0.747. The Hall–Kier alpha value is -0.610. The van der Waals surface area contributed by atoms with Crippen molar-refractivity contribution in [2.75, 3.05) is 19.7 Å². The highest BCUT2D eigenvalue weighted by Gasteiger charge is 2.34. The molecule has 0 aliphatic carbocycles. The van der Waals surface area contributed by atoms with Gasteiger partial charge in [0.25, 0.3) is 0 Å². The SMILES string of the molecule is CCN(CCCO)C(=O)CC1CC2CCC(C1)N2. The fourth-order valence-electron chi connectivity index (χ4n) is 3.44. The number of nitrogens with one attached hydrogen (secondary N) is 1. The third kappa shape index (κ3) is 3.45. The summed E-state index contributed by atoms with van der Waals surface area (Å²) in [6.07, 6.45) is 6.30. The van der Waals surface area contributed by atoms with Crippen LogP contribution in [0.2, 0.25) is 0 Å². The largest absolute Gasteiger partial charge is 0.396 e. The lowest BCUT2D eigenvalue weighted by Gasteiger charge is -2.30. The number of amides is 1. The summed E-state index contributed by atoms with van der Waals surface area (Å²) in [5.74, 6) is 0.844. The van der Waals surface area contributed by atoms with Gasteiger partial charge in [-0.15, -0.1) is 0 Å². The van der Waals surface area contributed by atoms with Crippen LogP contribution < -0.4 is 5.32 Å². The Morgan fingerprint density at radius 2 is 2.00 bits per heavy atom. The number of fused-ring (bicyclic) bond motifs is 2. The summed E-state index contributed by atoms with van der Waals surface area (Å²) in [7, 11) is 0. The van der Waals surface area contributed by atoms with Crippen molar-refractivity contribution in [3.63, 3.8) is 0 Å². The normalized spacial score (nSPS) is 30.4. The van der Waals surface area contributed by atoms with Crippen LogP contribution in [0.15, 0.2) is 0 Å². The van der Waals surface area contributed by atoms with Gasteiger partial charge in [-0.1, -0.05) is 0 Å². The van der Waals surface area contributed by atoms with Crippen molar-refractivity contribution in [1.29, 1.82) is 0 Å². The second-order valence-electron chi connectivity index (χ2n) is 5.73. The molecular weight excluding hydrogens is 228 g/mol. The number of carbonyl (C=O) groups excluding carboxylic acids is 1. The van der Waals surface area contributed by atoms with Crippen LogP contribution in [0.5, 0.6) is 0 Å². The lowest BCUT2D eigenvalue weighted by Crippen LogP contribution is -2.40. The van der Waals surface area contributed by atoms with Crippen molar-refractivity contribution in [2.24, 2.45) is 5.92 Å². The lowest BCUT2D eigenvalue weighted by molar-refractivity contribution is -0.132. The van der Waals surface area contributed by atoms with Crippen molar-refractivity contribution < 1.29 is 9.90 Å². The van der Waals surface area contributed by atoms with Crippen molar-refractivity contribution >= 4 is 5.91 Å². The Bertz CT molecular complexity index is 271. The fourth-order valence-corrected chi connectivity index (χ4v) is 3.44. The number of carbonyl (C=O) groups is 1. The molecule has 4 heteroatoms. The van der Waals surface area contributed by atoms with Crippen molar-refractivity contribution in [3.8, 4) is 0 Å².